The Kier molecular flexibility index (Phi) is 9.30. The van der Waals surface area contributed by atoms with E-state index in [4.69, 9.17) is 14.5 Å². The van der Waals surface area contributed by atoms with Crippen LogP contribution in [0.4, 0.5) is 16.2 Å². The number of nitrogens with zero attached hydrogens (tertiary/aromatic N) is 4. The molecule has 0 saturated carbocycles. The number of fused-ring (bicyclic) bond motifs is 2. The van der Waals surface area contributed by atoms with Crippen LogP contribution in [-0.4, -0.2) is 64.9 Å². The lowest BCUT2D eigenvalue weighted by molar-refractivity contribution is 0.0283. The molecule has 2 aliphatic heterocycles. The van der Waals surface area contributed by atoms with E-state index in [2.05, 4.69) is 56.6 Å². The highest BCUT2D eigenvalue weighted by atomic mass is 32.2. The number of carbonyl (C=O) groups excluding carboxylic acids is 1. The van der Waals surface area contributed by atoms with Gasteiger partial charge in [0, 0.05) is 68.9 Å². The van der Waals surface area contributed by atoms with E-state index in [1.54, 1.807) is 42.8 Å². The molecule has 1 saturated heterocycles. The summed E-state index contributed by atoms with van der Waals surface area (Å²) in [5.41, 5.74) is 3.76. The van der Waals surface area contributed by atoms with Gasteiger partial charge in [-0.1, -0.05) is 35.7 Å². The molecule has 2 aromatic heterocycles. The fraction of sp³-hybridized carbons (Fsp3) is 0.353. The van der Waals surface area contributed by atoms with E-state index >= 15 is 0 Å². The van der Waals surface area contributed by atoms with Crippen molar-refractivity contribution in [2.45, 2.75) is 65.5 Å². The molecule has 12 heteroatoms. The summed E-state index contributed by atoms with van der Waals surface area (Å²) >= 11 is 3.44. The predicted octanol–water partition coefficient (Wildman–Crippen LogP) is 6.82. The van der Waals surface area contributed by atoms with Crippen molar-refractivity contribution in [3.05, 3.63) is 82.7 Å². The number of H-pyrrole nitrogens is 1. The summed E-state index contributed by atoms with van der Waals surface area (Å²) in [5.74, 6) is 0.637. The van der Waals surface area contributed by atoms with Crippen LogP contribution in [0.5, 0.6) is 0 Å². The SMILES string of the molecule is CC(Nc1ccc2c(c1)Sc1cccc(-c3cc(N4CCOCC4)cc(=O)[nH]3)c1S2)c1nccc(CN(C)C(=O)OC(C)(C)C)n1. The van der Waals surface area contributed by atoms with Crippen LogP contribution in [0.1, 0.15) is 45.3 Å². The maximum Gasteiger partial charge on any atom is 0.410 e. The molecule has 1 atom stereocenters. The number of pyridine rings is 1. The van der Waals surface area contributed by atoms with Crippen molar-refractivity contribution in [1.82, 2.24) is 19.9 Å². The molecule has 0 bridgehead atoms. The standard InChI is InChI=1S/C34H38N6O4S2/c1-21(32-35-12-11-23(37-32)20-39(5)33(42)44-34(2,3)4)36-22-9-10-27-29(17-22)45-28-8-6-7-25(31(28)46-27)26-18-24(19-30(41)38-26)40-13-15-43-16-14-40/h6-12,17-19,21,36H,13-16,20H2,1-5H3,(H,38,41). The first kappa shape index (κ1) is 32.0. The van der Waals surface area contributed by atoms with E-state index in [0.29, 0.717) is 25.6 Å². The first-order valence-corrected chi connectivity index (χ1v) is 16.9. The zero-order chi connectivity index (χ0) is 32.4. The zero-order valence-corrected chi connectivity index (χ0v) is 28.3. The minimum absolute atomic E-state index is 0.111. The van der Waals surface area contributed by atoms with Crippen molar-refractivity contribution in [3.63, 3.8) is 0 Å². The smallest absolute Gasteiger partial charge is 0.410 e. The number of rotatable bonds is 7. The molecule has 0 radical (unpaired) electrons. The molecule has 2 N–H and O–H groups in total. The van der Waals surface area contributed by atoms with Gasteiger partial charge in [0.15, 0.2) is 0 Å². The second-order valence-corrected chi connectivity index (χ2v) is 14.5. The van der Waals surface area contributed by atoms with Crippen LogP contribution in [0.25, 0.3) is 11.3 Å². The van der Waals surface area contributed by atoms with Crippen LogP contribution in [0.3, 0.4) is 0 Å². The van der Waals surface area contributed by atoms with Gasteiger partial charge in [0.25, 0.3) is 0 Å². The highest BCUT2D eigenvalue weighted by Crippen LogP contribution is 2.52. The van der Waals surface area contributed by atoms with Gasteiger partial charge in [0.2, 0.25) is 5.56 Å². The molecule has 1 unspecified atom stereocenters. The summed E-state index contributed by atoms with van der Waals surface area (Å²) in [5, 5.41) is 3.54. The molecule has 1 fully saturated rings. The molecule has 0 spiro atoms. The van der Waals surface area contributed by atoms with Gasteiger partial charge in [-0.3, -0.25) is 4.79 Å². The Morgan fingerprint density at radius 3 is 2.67 bits per heavy atom. The number of anilines is 2. The molecule has 10 nitrogen and oxygen atoms in total. The number of hydrogen-bond donors (Lipinski definition) is 2. The summed E-state index contributed by atoms with van der Waals surface area (Å²) in [6.45, 7) is 10.7. The summed E-state index contributed by atoms with van der Waals surface area (Å²) in [6.07, 6.45) is 1.32. The summed E-state index contributed by atoms with van der Waals surface area (Å²) < 4.78 is 11.0. The molecular weight excluding hydrogens is 621 g/mol. The van der Waals surface area contributed by atoms with E-state index < -0.39 is 11.7 Å². The molecule has 4 aromatic rings. The van der Waals surface area contributed by atoms with Gasteiger partial charge < -0.3 is 29.6 Å². The van der Waals surface area contributed by atoms with Crippen molar-refractivity contribution >= 4 is 41.0 Å². The molecule has 6 rings (SSSR count). The topological polar surface area (TPSA) is 113 Å². The van der Waals surface area contributed by atoms with Gasteiger partial charge in [-0.15, -0.1) is 0 Å². The van der Waals surface area contributed by atoms with Crippen LogP contribution in [-0.2, 0) is 16.0 Å². The lowest BCUT2D eigenvalue weighted by Crippen LogP contribution is -2.36. The highest BCUT2D eigenvalue weighted by molar-refractivity contribution is 8.05. The van der Waals surface area contributed by atoms with Crippen molar-refractivity contribution < 1.29 is 14.3 Å². The van der Waals surface area contributed by atoms with E-state index in [1.807, 2.05) is 39.8 Å². The van der Waals surface area contributed by atoms with Crippen molar-refractivity contribution in [3.8, 4) is 11.3 Å². The van der Waals surface area contributed by atoms with Crippen LogP contribution >= 0.6 is 23.5 Å². The lowest BCUT2D eigenvalue weighted by atomic mass is 10.1. The van der Waals surface area contributed by atoms with Crippen molar-refractivity contribution in [1.29, 1.82) is 0 Å². The van der Waals surface area contributed by atoms with Gasteiger partial charge >= 0.3 is 6.09 Å². The van der Waals surface area contributed by atoms with Crippen LogP contribution in [0, 0.1) is 0 Å². The molecule has 0 aliphatic carbocycles. The Hall–Kier alpha value is -4.00. The van der Waals surface area contributed by atoms with Gasteiger partial charge in [0.1, 0.15) is 11.4 Å². The Morgan fingerprint density at radius 1 is 1.09 bits per heavy atom. The Labute approximate surface area is 277 Å². The predicted molar refractivity (Wildman–Crippen MR) is 182 cm³/mol. The van der Waals surface area contributed by atoms with Crippen molar-refractivity contribution in [2.75, 3.05) is 43.6 Å². The molecule has 46 heavy (non-hydrogen) atoms. The number of carbonyl (C=O) groups is 1. The summed E-state index contributed by atoms with van der Waals surface area (Å²) in [4.78, 5) is 45.7. The third-order valence-electron chi connectivity index (χ3n) is 7.46. The number of morpholine rings is 1. The molecule has 2 aromatic carbocycles. The Balaban J connectivity index is 1.16. The highest BCUT2D eigenvalue weighted by Gasteiger charge is 2.24. The van der Waals surface area contributed by atoms with Gasteiger partial charge in [-0.25, -0.2) is 14.8 Å². The Bertz CT molecular complexity index is 1800. The number of aromatic nitrogens is 3. The second-order valence-electron chi connectivity index (χ2n) is 12.3. The van der Waals surface area contributed by atoms with E-state index in [1.165, 1.54) is 4.90 Å². The van der Waals surface area contributed by atoms with E-state index in [9.17, 15) is 9.59 Å². The molecule has 1 amide bonds. The lowest BCUT2D eigenvalue weighted by Gasteiger charge is -2.29. The monoisotopic (exact) mass is 658 g/mol. The average Bonchev–Trinajstić information content (AvgIpc) is 3.03. The number of ether oxygens (including phenoxy) is 2. The van der Waals surface area contributed by atoms with Gasteiger partial charge in [-0.05, 0) is 64.1 Å². The first-order chi connectivity index (χ1) is 22.0. The second kappa shape index (κ2) is 13.4. The van der Waals surface area contributed by atoms with Gasteiger partial charge in [0.05, 0.1) is 37.2 Å². The molecule has 4 heterocycles. The largest absolute Gasteiger partial charge is 0.444 e. The zero-order valence-electron chi connectivity index (χ0n) is 26.6. The normalized spacial score (nSPS) is 15.0. The molecule has 240 valence electrons. The summed E-state index contributed by atoms with van der Waals surface area (Å²) in [7, 11) is 1.70. The fourth-order valence-corrected chi connectivity index (χ4v) is 7.67. The number of amides is 1. The van der Waals surface area contributed by atoms with Crippen molar-refractivity contribution in [2.24, 2.45) is 0 Å². The minimum atomic E-state index is -0.563. The van der Waals surface area contributed by atoms with E-state index in [-0.39, 0.29) is 11.6 Å². The third kappa shape index (κ3) is 7.51. The molecule has 2 aliphatic rings. The maximum atomic E-state index is 12.7. The van der Waals surface area contributed by atoms with E-state index in [0.717, 1.165) is 61.0 Å². The average molecular weight is 659 g/mol. The number of nitrogens with one attached hydrogen (secondary N) is 2. The minimum Gasteiger partial charge on any atom is -0.444 e. The molecular formula is C34H38N6O4S2. The van der Waals surface area contributed by atoms with Crippen LogP contribution < -0.4 is 15.8 Å². The Morgan fingerprint density at radius 2 is 1.89 bits per heavy atom. The summed E-state index contributed by atoms with van der Waals surface area (Å²) in [6, 6.07) is 18.0. The third-order valence-corrected chi connectivity index (χ3v) is 10.1. The number of aromatic amines is 1. The maximum absolute atomic E-state index is 12.7. The fourth-order valence-electron chi connectivity index (χ4n) is 5.25. The van der Waals surface area contributed by atoms with Gasteiger partial charge in [-0.2, -0.15) is 0 Å². The van der Waals surface area contributed by atoms with Crippen LogP contribution in [0.15, 0.2) is 85.2 Å². The first-order valence-electron chi connectivity index (χ1n) is 15.2. The number of hydrogen-bond acceptors (Lipinski definition) is 10. The number of benzene rings is 2. The quantitative estimate of drug-likeness (QED) is 0.193. The van der Waals surface area contributed by atoms with Crippen LogP contribution in [0.2, 0.25) is 0 Å².